The number of ether oxygens (including phenoxy) is 1. The minimum absolute atomic E-state index is 0.0602. The van der Waals surface area contributed by atoms with E-state index in [0.717, 1.165) is 36.7 Å². The molecule has 10 nitrogen and oxygen atoms in total. The van der Waals surface area contributed by atoms with Crippen LogP contribution in [-0.2, 0) is 36.9 Å². The van der Waals surface area contributed by atoms with Gasteiger partial charge in [0.15, 0.2) is 0 Å². The van der Waals surface area contributed by atoms with Gasteiger partial charge in [-0.1, -0.05) is 37.6 Å². The van der Waals surface area contributed by atoms with Crippen LogP contribution in [0, 0.1) is 5.92 Å². The van der Waals surface area contributed by atoms with E-state index in [4.69, 9.17) is 4.74 Å². The van der Waals surface area contributed by atoms with Crippen LogP contribution in [0.2, 0.25) is 0 Å². The molecular formula is C25H36N4O6. The summed E-state index contributed by atoms with van der Waals surface area (Å²) in [6, 6.07) is 7.07. The van der Waals surface area contributed by atoms with Crippen LogP contribution < -0.4 is 16.0 Å². The van der Waals surface area contributed by atoms with E-state index in [9.17, 15) is 24.0 Å². The number of nitrogens with zero attached hydrogens (tertiary/aromatic N) is 1. The summed E-state index contributed by atoms with van der Waals surface area (Å²) in [7, 11) is 0. The van der Waals surface area contributed by atoms with Crippen molar-refractivity contribution in [3.63, 3.8) is 0 Å². The normalized spacial score (nSPS) is 13.5. The molecule has 1 aromatic carbocycles. The summed E-state index contributed by atoms with van der Waals surface area (Å²) < 4.78 is 5.34. The van der Waals surface area contributed by atoms with Crippen LogP contribution in [0.25, 0.3) is 0 Å². The molecule has 1 aromatic rings. The van der Waals surface area contributed by atoms with Crippen molar-refractivity contribution in [1.29, 1.82) is 0 Å². The van der Waals surface area contributed by atoms with E-state index >= 15 is 0 Å². The van der Waals surface area contributed by atoms with Crippen molar-refractivity contribution in [2.45, 2.75) is 52.0 Å². The molecule has 1 aliphatic heterocycles. The Morgan fingerprint density at radius 3 is 2.34 bits per heavy atom. The minimum Gasteiger partial charge on any atom is -0.372 e. The first-order valence-electron chi connectivity index (χ1n) is 12.1. The molecule has 10 heteroatoms. The van der Waals surface area contributed by atoms with Gasteiger partial charge < -0.3 is 25.5 Å². The molecule has 1 heterocycles. The number of nitrogens with one attached hydrogen (secondary N) is 3. The minimum atomic E-state index is -0.241. The third kappa shape index (κ3) is 11.1. The molecule has 0 aromatic heterocycles. The predicted octanol–water partition coefficient (Wildman–Crippen LogP) is 1.32. The van der Waals surface area contributed by atoms with Crippen molar-refractivity contribution in [1.82, 2.24) is 20.9 Å². The maximum atomic E-state index is 12.0. The number of β-lactam (4-membered cyclic amide) rings is 1. The highest BCUT2D eigenvalue weighted by Crippen LogP contribution is 2.12. The molecule has 1 unspecified atom stereocenters. The van der Waals surface area contributed by atoms with E-state index in [0.29, 0.717) is 45.6 Å². The second-order valence-electron chi connectivity index (χ2n) is 8.66. The van der Waals surface area contributed by atoms with Crippen molar-refractivity contribution in [3.05, 3.63) is 35.4 Å². The first-order chi connectivity index (χ1) is 16.9. The Kier molecular flexibility index (Phi) is 12.5. The number of rotatable bonds is 16. The third-order valence-electron chi connectivity index (χ3n) is 5.61. The molecule has 192 valence electrons. The fraction of sp³-hybridized carbons (Fsp3) is 0.560. The van der Waals surface area contributed by atoms with E-state index in [1.54, 1.807) is 0 Å². The zero-order valence-electron chi connectivity index (χ0n) is 20.3. The molecule has 1 aliphatic rings. The standard InChI is InChI=1S/C25H36N4O6/c1-19(17-30)5-2-3-11-26-25(34)27-12-4-14-35-18-22(31)28-16-21-8-6-20(7-9-21)15-24(33)29-13-10-23(29)32/h6-9,17,19H,2-5,10-16,18H2,1H3,(H,28,31)(H2,26,27,34). The molecule has 0 radical (unpaired) electrons. The van der Waals surface area contributed by atoms with Gasteiger partial charge in [-0.15, -0.1) is 0 Å². The van der Waals surface area contributed by atoms with Gasteiger partial charge in [0.1, 0.15) is 12.9 Å². The van der Waals surface area contributed by atoms with Crippen LogP contribution in [-0.4, -0.2) is 67.8 Å². The van der Waals surface area contributed by atoms with Crippen molar-refractivity contribution in [3.8, 4) is 0 Å². The Balaban J connectivity index is 1.46. The van der Waals surface area contributed by atoms with Gasteiger partial charge in [-0.25, -0.2) is 4.79 Å². The second-order valence-corrected chi connectivity index (χ2v) is 8.66. The third-order valence-corrected chi connectivity index (χ3v) is 5.61. The van der Waals surface area contributed by atoms with E-state index < -0.39 is 0 Å². The Hall–Kier alpha value is -3.27. The second kappa shape index (κ2) is 15.6. The SMILES string of the molecule is CC(C=O)CCCCNC(=O)NCCCOCC(=O)NCc1ccc(CC(=O)N2CCC2=O)cc1. The van der Waals surface area contributed by atoms with Gasteiger partial charge in [0.25, 0.3) is 0 Å². The van der Waals surface area contributed by atoms with Crippen molar-refractivity contribution < 1.29 is 28.7 Å². The Labute approximate surface area is 206 Å². The summed E-state index contributed by atoms with van der Waals surface area (Å²) in [5.41, 5.74) is 1.71. The maximum Gasteiger partial charge on any atom is 0.314 e. The lowest BCUT2D eigenvalue weighted by molar-refractivity contribution is -0.151. The van der Waals surface area contributed by atoms with Crippen molar-refractivity contribution >= 4 is 30.0 Å². The molecular weight excluding hydrogens is 452 g/mol. The van der Waals surface area contributed by atoms with Gasteiger partial charge in [0.05, 0.1) is 6.42 Å². The number of amides is 5. The first kappa shape index (κ1) is 28.0. The van der Waals surface area contributed by atoms with Crippen molar-refractivity contribution in [2.75, 3.05) is 32.8 Å². The molecule has 1 saturated heterocycles. The van der Waals surface area contributed by atoms with E-state index in [2.05, 4.69) is 16.0 Å². The smallest absolute Gasteiger partial charge is 0.314 e. The highest BCUT2D eigenvalue weighted by molar-refractivity contribution is 6.00. The average Bonchev–Trinajstić information content (AvgIpc) is 2.84. The monoisotopic (exact) mass is 488 g/mol. The number of carbonyl (C=O) groups is 5. The molecule has 0 spiro atoms. The van der Waals surface area contributed by atoms with Crippen molar-refractivity contribution in [2.24, 2.45) is 5.92 Å². The van der Waals surface area contributed by atoms with E-state index in [1.807, 2.05) is 31.2 Å². The highest BCUT2D eigenvalue weighted by atomic mass is 16.5. The molecule has 0 bridgehead atoms. The number of aldehydes is 1. The Morgan fingerprint density at radius 1 is 1.03 bits per heavy atom. The summed E-state index contributed by atoms with van der Waals surface area (Å²) in [5, 5.41) is 8.27. The van der Waals surface area contributed by atoms with E-state index in [1.165, 1.54) is 4.90 Å². The number of imide groups is 1. The lowest BCUT2D eigenvalue weighted by Gasteiger charge is -2.28. The summed E-state index contributed by atoms with van der Waals surface area (Å²) in [5.74, 6) is -0.490. The van der Waals surface area contributed by atoms with Crippen LogP contribution in [0.3, 0.4) is 0 Å². The fourth-order valence-corrected chi connectivity index (χ4v) is 3.34. The lowest BCUT2D eigenvalue weighted by atomic mass is 10.1. The quantitative estimate of drug-likeness (QED) is 0.183. The summed E-state index contributed by atoms with van der Waals surface area (Å²) in [6.07, 6.45) is 4.70. The molecule has 35 heavy (non-hydrogen) atoms. The van der Waals surface area contributed by atoms with E-state index in [-0.39, 0.29) is 42.7 Å². The lowest BCUT2D eigenvalue weighted by Crippen LogP contribution is -2.48. The van der Waals surface area contributed by atoms with Crippen LogP contribution in [0.4, 0.5) is 4.79 Å². The summed E-state index contributed by atoms with van der Waals surface area (Å²) in [4.78, 5) is 58.7. The fourth-order valence-electron chi connectivity index (χ4n) is 3.34. The topological polar surface area (TPSA) is 134 Å². The predicted molar refractivity (Wildman–Crippen MR) is 129 cm³/mol. The average molecular weight is 489 g/mol. The van der Waals surface area contributed by atoms with Crippen LogP contribution in [0.5, 0.6) is 0 Å². The Morgan fingerprint density at radius 2 is 1.71 bits per heavy atom. The number of urea groups is 1. The summed E-state index contributed by atoms with van der Waals surface area (Å²) in [6.45, 7) is 4.01. The molecule has 0 aliphatic carbocycles. The number of hydrogen-bond donors (Lipinski definition) is 3. The first-order valence-corrected chi connectivity index (χ1v) is 12.1. The number of hydrogen-bond acceptors (Lipinski definition) is 6. The van der Waals surface area contributed by atoms with Crippen LogP contribution in [0.1, 0.15) is 50.2 Å². The summed E-state index contributed by atoms with van der Waals surface area (Å²) >= 11 is 0. The number of likely N-dealkylation sites (tertiary alicyclic amines) is 1. The Bertz CT molecular complexity index is 858. The van der Waals surface area contributed by atoms with Gasteiger partial charge in [-0.05, 0) is 30.4 Å². The highest BCUT2D eigenvalue weighted by Gasteiger charge is 2.29. The molecule has 0 saturated carbocycles. The van der Waals surface area contributed by atoms with Crippen LogP contribution in [0.15, 0.2) is 24.3 Å². The largest absolute Gasteiger partial charge is 0.372 e. The van der Waals surface area contributed by atoms with Gasteiger partial charge in [0.2, 0.25) is 17.7 Å². The molecule has 5 amide bonds. The van der Waals surface area contributed by atoms with Gasteiger partial charge in [-0.3, -0.25) is 19.3 Å². The van der Waals surface area contributed by atoms with Crippen LogP contribution >= 0.6 is 0 Å². The number of benzene rings is 1. The molecule has 1 fully saturated rings. The number of carbonyl (C=O) groups excluding carboxylic acids is 5. The molecule has 2 rings (SSSR count). The van der Waals surface area contributed by atoms with Gasteiger partial charge in [0, 0.05) is 45.1 Å². The van der Waals surface area contributed by atoms with Gasteiger partial charge in [-0.2, -0.15) is 0 Å². The number of unbranched alkanes of at least 4 members (excludes halogenated alkanes) is 1. The maximum absolute atomic E-state index is 12.0. The zero-order chi connectivity index (χ0) is 25.5. The molecule has 1 atom stereocenters. The zero-order valence-corrected chi connectivity index (χ0v) is 20.3. The van der Waals surface area contributed by atoms with Gasteiger partial charge >= 0.3 is 6.03 Å². The molecule has 3 N–H and O–H groups in total.